The van der Waals surface area contributed by atoms with Crippen molar-refractivity contribution in [2.45, 2.75) is 33.9 Å². The first-order chi connectivity index (χ1) is 14.8. The second-order valence-corrected chi connectivity index (χ2v) is 17.8. The molecule has 0 bridgehead atoms. The third kappa shape index (κ3) is 4.02. The van der Waals surface area contributed by atoms with Crippen LogP contribution < -0.4 is 15.9 Å². The van der Waals surface area contributed by atoms with Gasteiger partial charge < -0.3 is 0 Å². The molecule has 0 heterocycles. The molecule has 2 heteroatoms. The molecule has 0 radical (unpaired) electrons. The molecule has 158 valence electrons. The first-order valence-electron chi connectivity index (χ1n) is 10.8. The molecule has 4 aromatic rings. The van der Waals surface area contributed by atoms with Crippen LogP contribution in [0.2, 0.25) is 0 Å². The molecule has 0 aliphatic heterocycles. The Balaban J connectivity index is 2.14. The Kier molecular flexibility index (Phi) is 5.95. The minimum absolute atomic E-state index is 0.933. The molecule has 0 unspecified atom stereocenters. The van der Waals surface area contributed by atoms with E-state index in [9.17, 15) is 0 Å². The van der Waals surface area contributed by atoms with Gasteiger partial charge in [0.25, 0.3) is 0 Å². The van der Waals surface area contributed by atoms with Crippen molar-refractivity contribution in [3.63, 3.8) is 0 Å². The van der Waals surface area contributed by atoms with Gasteiger partial charge in [0.2, 0.25) is 0 Å². The van der Waals surface area contributed by atoms with Crippen LogP contribution in [0.1, 0.15) is 27.8 Å². The molecule has 0 fully saturated rings. The second-order valence-electron chi connectivity index (χ2n) is 8.84. The fourth-order valence-electron chi connectivity index (χ4n) is 4.51. The van der Waals surface area contributed by atoms with E-state index in [1.807, 2.05) is 0 Å². The normalized spacial score (nSPS) is 12.9. The van der Waals surface area contributed by atoms with E-state index in [0.29, 0.717) is 0 Å². The van der Waals surface area contributed by atoms with Crippen molar-refractivity contribution in [3.05, 3.63) is 125 Å². The van der Waals surface area contributed by atoms with Gasteiger partial charge in [0.05, 0.1) is 0 Å². The van der Waals surface area contributed by atoms with Crippen LogP contribution in [-0.4, -0.2) is 0 Å². The van der Waals surface area contributed by atoms with Gasteiger partial charge >= 0.3 is 195 Å². The standard InChI is InChI=1S/C29H30BrP/c1-22-14-16-26(17-15-22)21-31(30,27-11-5-8-23(2)18-27,28-12-6-9-24(3)19-28)29-13-7-10-25(4)20-29/h5-20H,21H2,1-4H3. The van der Waals surface area contributed by atoms with Crippen molar-refractivity contribution < 1.29 is 0 Å². The summed E-state index contributed by atoms with van der Waals surface area (Å²) in [5.41, 5.74) is 6.51. The third-order valence-electron chi connectivity index (χ3n) is 6.22. The van der Waals surface area contributed by atoms with Gasteiger partial charge in [-0.15, -0.1) is 0 Å². The summed E-state index contributed by atoms with van der Waals surface area (Å²) in [6, 6.07) is 36.3. The topological polar surface area (TPSA) is 0 Å². The predicted octanol–water partition coefficient (Wildman–Crippen LogP) is 7.26. The average Bonchev–Trinajstić information content (AvgIpc) is 2.75. The SMILES string of the molecule is Cc1ccc(CP(Br)(c2cccc(C)c2)(c2cccc(C)c2)c2cccc(C)c2)cc1. The quantitative estimate of drug-likeness (QED) is 0.259. The van der Waals surface area contributed by atoms with E-state index in [1.165, 1.54) is 43.7 Å². The molecule has 0 saturated heterocycles. The molecule has 4 rings (SSSR count). The molecule has 31 heavy (non-hydrogen) atoms. The summed E-state index contributed by atoms with van der Waals surface area (Å²) in [4.78, 5) is 0. The van der Waals surface area contributed by atoms with Crippen molar-refractivity contribution in [1.82, 2.24) is 0 Å². The second kappa shape index (κ2) is 8.38. The van der Waals surface area contributed by atoms with E-state index < -0.39 is 5.31 Å². The zero-order valence-electron chi connectivity index (χ0n) is 18.8. The molecule has 0 saturated carbocycles. The van der Waals surface area contributed by atoms with Crippen LogP contribution >= 0.6 is 20.8 Å². The Morgan fingerprint density at radius 3 is 1.26 bits per heavy atom. The Morgan fingerprint density at radius 1 is 0.516 bits per heavy atom. The molecule has 0 nitrogen and oxygen atoms in total. The monoisotopic (exact) mass is 488 g/mol. The van der Waals surface area contributed by atoms with Crippen molar-refractivity contribution in [3.8, 4) is 0 Å². The molecule has 0 N–H and O–H groups in total. The molecule has 0 aliphatic rings. The van der Waals surface area contributed by atoms with Gasteiger partial charge in [-0.05, 0) is 0 Å². The maximum absolute atomic E-state index is 4.61. The third-order valence-corrected chi connectivity index (χ3v) is 15.7. The van der Waals surface area contributed by atoms with Crippen LogP contribution in [0.5, 0.6) is 0 Å². The maximum atomic E-state index is 4.61. The Labute approximate surface area is 195 Å². The number of halogens is 1. The molecule has 0 atom stereocenters. The van der Waals surface area contributed by atoms with E-state index in [-0.39, 0.29) is 0 Å². The van der Waals surface area contributed by atoms with Gasteiger partial charge in [-0.3, -0.25) is 0 Å². The van der Waals surface area contributed by atoms with Crippen LogP contribution in [0.3, 0.4) is 0 Å². The van der Waals surface area contributed by atoms with Crippen LogP contribution in [0, 0.1) is 27.7 Å². The van der Waals surface area contributed by atoms with Crippen LogP contribution in [0.25, 0.3) is 0 Å². The molecule has 0 aliphatic carbocycles. The first-order valence-corrected chi connectivity index (χ1v) is 15.2. The number of rotatable bonds is 5. The Hall–Kier alpha value is -2.21. The van der Waals surface area contributed by atoms with Crippen LogP contribution in [0.4, 0.5) is 0 Å². The van der Waals surface area contributed by atoms with Gasteiger partial charge in [-0.1, -0.05) is 0 Å². The van der Waals surface area contributed by atoms with Crippen LogP contribution in [-0.2, 0) is 6.16 Å². The van der Waals surface area contributed by atoms with Gasteiger partial charge in [-0.25, -0.2) is 0 Å². The summed E-state index contributed by atoms with van der Waals surface area (Å²) >= 11 is 4.61. The fourth-order valence-corrected chi connectivity index (χ4v) is 12.3. The summed E-state index contributed by atoms with van der Waals surface area (Å²) in [7, 11) is 0. The Bertz CT molecular complexity index is 1110. The number of aryl methyl sites for hydroxylation is 4. The molecule has 0 spiro atoms. The fraction of sp³-hybridized carbons (Fsp3) is 0.172. The minimum atomic E-state index is -2.98. The summed E-state index contributed by atoms with van der Waals surface area (Å²) in [6.45, 7) is 8.72. The zero-order chi connectivity index (χ0) is 22.1. The predicted molar refractivity (Wildman–Crippen MR) is 143 cm³/mol. The van der Waals surface area contributed by atoms with Crippen molar-refractivity contribution >= 4 is 36.7 Å². The van der Waals surface area contributed by atoms with E-state index >= 15 is 0 Å². The first kappa shape index (κ1) is 22.0. The summed E-state index contributed by atoms with van der Waals surface area (Å²) in [5, 5.41) is 1.15. The van der Waals surface area contributed by atoms with Gasteiger partial charge in [0.1, 0.15) is 0 Å². The van der Waals surface area contributed by atoms with Crippen molar-refractivity contribution in [2.24, 2.45) is 0 Å². The molecular formula is C29H30BrP. The summed E-state index contributed by atoms with van der Waals surface area (Å²) in [6.07, 6.45) is 0.933. The molecule has 4 aromatic carbocycles. The number of benzene rings is 4. The van der Waals surface area contributed by atoms with Gasteiger partial charge in [0.15, 0.2) is 0 Å². The number of hydrogen-bond donors (Lipinski definition) is 0. The van der Waals surface area contributed by atoms with E-state index in [4.69, 9.17) is 0 Å². The molecule has 0 amide bonds. The van der Waals surface area contributed by atoms with E-state index in [2.05, 4.69) is 140 Å². The number of hydrogen-bond acceptors (Lipinski definition) is 0. The molecular weight excluding hydrogens is 459 g/mol. The summed E-state index contributed by atoms with van der Waals surface area (Å²) in [5.74, 6) is 0. The van der Waals surface area contributed by atoms with Gasteiger partial charge in [0, 0.05) is 0 Å². The van der Waals surface area contributed by atoms with Crippen molar-refractivity contribution in [2.75, 3.05) is 0 Å². The van der Waals surface area contributed by atoms with Gasteiger partial charge in [-0.2, -0.15) is 0 Å². The van der Waals surface area contributed by atoms with E-state index in [0.717, 1.165) is 6.16 Å². The Morgan fingerprint density at radius 2 is 0.903 bits per heavy atom. The van der Waals surface area contributed by atoms with Crippen LogP contribution in [0.15, 0.2) is 97.1 Å². The average molecular weight is 489 g/mol. The van der Waals surface area contributed by atoms with E-state index in [1.54, 1.807) is 0 Å². The zero-order valence-corrected chi connectivity index (χ0v) is 21.3. The summed E-state index contributed by atoms with van der Waals surface area (Å²) < 4.78 is 0. The van der Waals surface area contributed by atoms with Crippen molar-refractivity contribution in [1.29, 1.82) is 0 Å². The molecule has 0 aromatic heterocycles.